The third-order valence-electron chi connectivity index (χ3n) is 2.36. The topological polar surface area (TPSA) is 78.8 Å². The van der Waals surface area contributed by atoms with Crippen molar-refractivity contribution in [2.45, 2.75) is 25.5 Å². The van der Waals surface area contributed by atoms with Crippen molar-refractivity contribution in [1.82, 2.24) is 5.32 Å². The van der Waals surface area contributed by atoms with Gasteiger partial charge in [-0.3, -0.25) is 4.79 Å². The summed E-state index contributed by atoms with van der Waals surface area (Å²) in [7, 11) is 0. The number of carbonyl (C=O) groups is 1. The van der Waals surface area contributed by atoms with Crippen LogP contribution in [-0.4, -0.2) is 48.1 Å². The van der Waals surface area contributed by atoms with Crippen molar-refractivity contribution >= 4 is 5.91 Å². The molecule has 1 aliphatic heterocycles. The number of amides is 1. The summed E-state index contributed by atoms with van der Waals surface area (Å²) in [6.07, 6.45) is 0.822. The van der Waals surface area contributed by atoms with Gasteiger partial charge in [-0.1, -0.05) is 0 Å². The molecule has 82 valence electrons. The molecule has 1 heterocycles. The van der Waals surface area contributed by atoms with Crippen LogP contribution in [0, 0.1) is 5.92 Å². The van der Waals surface area contributed by atoms with Crippen LogP contribution in [0.2, 0.25) is 0 Å². The first-order chi connectivity index (χ1) is 6.67. The van der Waals surface area contributed by atoms with Crippen LogP contribution >= 0.6 is 0 Å². The average Bonchev–Trinajstić information content (AvgIpc) is 2.61. The molecule has 2 atom stereocenters. The second kappa shape index (κ2) is 5.29. The summed E-state index contributed by atoms with van der Waals surface area (Å²) in [4.78, 5) is 11.5. The van der Waals surface area contributed by atoms with Crippen LogP contribution < -0.4 is 5.32 Å². The van der Waals surface area contributed by atoms with Crippen molar-refractivity contribution < 1.29 is 19.7 Å². The molecule has 1 saturated heterocycles. The van der Waals surface area contributed by atoms with Crippen molar-refractivity contribution in [3.8, 4) is 0 Å². The van der Waals surface area contributed by atoms with Crippen LogP contribution in [0.1, 0.15) is 13.3 Å². The Kier molecular flexibility index (Phi) is 4.31. The standard InChI is InChI=1S/C9H17NO4/c1-6-2-7(5-14-6)9(13)10-8(3-11)4-12/h6-8,11-12H,2-5H2,1H3,(H,10,13). The molecule has 0 aromatic rings. The number of carbonyl (C=O) groups excluding carboxylic acids is 1. The maximum atomic E-state index is 11.5. The first-order valence-corrected chi connectivity index (χ1v) is 4.81. The minimum atomic E-state index is -0.557. The number of ether oxygens (including phenoxy) is 1. The van der Waals surface area contributed by atoms with Gasteiger partial charge in [0.1, 0.15) is 0 Å². The second-order valence-corrected chi connectivity index (χ2v) is 3.65. The van der Waals surface area contributed by atoms with Gasteiger partial charge in [0.05, 0.1) is 37.9 Å². The first kappa shape index (κ1) is 11.4. The van der Waals surface area contributed by atoms with E-state index in [1.807, 2.05) is 6.92 Å². The summed E-state index contributed by atoms with van der Waals surface area (Å²) in [5.41, 5.74) is 0. The fourth-order valence-electron chi connectivity index (χ4n) is 1.47. The van der Waals surface area contributed by atoms with E-state index in [9.17, 15) is 4.79 Å². The lowest BCUT2D eigenvalue weighted by molar-refractivity contribution is -0.126. The minimum Gasteiger partial charge on any atom is -0.394 e. The maximum absolute atomic E-state index is 11.5. The predicted octanol–water partition coefficient (Wildman–Crippen LogP) is -1.12. The molecule has 0 saturated carbocycles. The van der Waals surface area contributed by atoms with Crippen LogP contribution in [0.4, 0.5) is 0 Å². The van der Waals surface area contributed by atoms with E-state index in [2.05, 4.69) is 5.32 Å². The van der Waals surface area contributed by atoms with Crippen LogP contribution in [0.15, 0.2) is 0 Å². The van der Waals surface area contributed by atoms with Gasteiger partial charge in [0.2, 0.25) is 5.91 Å². The Bertz CT molecular complexity index is 193. The molecule has 1 amide bonds. The lowest BCUT2D eigenvalue weighted by Gasteiger charge is -2.15. The average molecular weight is 203 g/mol. The highest BCUT2D eigenvalue weighted by atomic mass is 16.5. The Morgan fingerprint density at radius 1 is 1.57 bits per heavy atom. The van der Waals surface area contributed by atoms with E-state index in [-0.39, 0.29) is 31.1 Å². The number of hydrogen-bond donors (Lipinski definition) is 3. The summed E-state index contributed by atoms with van der Waals surface area (Å²) < 4.78 is 5.25. The summed E-state index contributed by atoms with van der Waals surface area (Å²) >= 11 is 0. The van der Waals surface area contributed by atoms with Crippen LogP contribution in [-0.2, 0) is 9.53 Å². The van der Waals surface area contributed by atoms with Gasteiger partial charge >= 0.3 is 0 Å². The van der Waals surface area contributed by atoms with Crippen LogP contribution in [0.3, 0.4) is 0 Å². The molecule has 1 rings (SSSR count). The van der Waals surface area contributed by atoms with Gasteiger partial charge in [0.25, 0.3) is 0 Å². The molecule has 1 fully saturated rings. The van der Waals surface area contributed by atoms with Crippen molar-refractivity contribution in [2.24, 2.45) is 5.92 Å². The molecule has 0 radical (unpaired) electrons. The number of hydrogen-bond acceptors (Lipinski definition) is 4. The zero-order valence-corrected chi connectivity index (χ0v) is 8.27. The van der Waals surface area contributed by atoms with E-state index in [4.69, 9.17) is 14.9 Å². The van der Waals surface area contributed by atoms with Crippen LogP contribution in [0.5, 0.6) is 0 Å². The summed E-state index contributed by atoms with van der Waals surface area (Å²) in [6.45, 7) is 1.86. The van der Waals surface area contributed by atoms with E-state index in [1.165, 1.54) is 0 Å². The smallest absolute Gasteiger partial charge is 0.225 e. The van der Waals surface area contributed by atoms with Gasteiger partial charge in [0.15, 0.2) is 0 Å². The Balaban J connectivity index is 2.34. The summed E-state index contributed by atoms with van der Waals surface area (Å²) in [5.74, 6) is -0.298. The lowest BCUT2D eigenvalue weighted by atomic mass is 10.1. The maximum Gasteiger partial charge on any atom is 0.225 e. The number of aliphatic hydroxyl groups is 2. The Morgan fingerprint density at radius 2 is 2.21 bits per heavy atom. The molecule has 0 aliphatic carbocycles. The largest absolute Gasteiger partial charge is 0.394 e. The number of nitrogens with one attached hydrogen (secondary N) is 1. The fraction of sp³-hybridized carbons (Fsp3) is 0.889. The van der Waals surface area contributed by atoms with Gasteiger partial charge in [-0.25, -0.2) is 0 Å². The third kappa shape index (κ3) is 2.94. The molecular weight excluding hydrogens is 186 g/mol. The van der Waals surface area contributed by atoms with Crippen LogP contribution in [0.25, 0.3) is 0 Å². The van der Waals surface area contributed by atoms with E-state index in [1.54, 1.807) is 0 Å². The van der Waals surface area contributed by atoms with Crippen molar-refractivity contribution in [1.29, 1.82) is 0 Å². The third-order valence-corrected chi connectivity index (χ3v) is 2.36. The molecule has 2 unspecified atom stereocenters. The molecule has 0 bridgehead atoms. The molecule has 1 aliphatic rings. The van der Waals surface area contributed by atoms with Crippen molar-refractivity contribution in [3.63, 3.8) is 0 Å². The molecule has 0 aromatic carbocycles. The van der Waals surface area contributed by atoms with Gasteiger partial charge in [-0.05, 0) is 13.3 Å². The highest BCUT2D eigenvalue weighted by Crippen LogP contribution is 2.18. The number of rotatable bonds is 4. The first-order valence-electron chi connectivity index (χ1n) is 4.81. The molecule has 14 heavy (non-hydrogen) atoms. The molecule has 5 nitrogen and oxygen atoms in total. The molecule has 3 N–H and O–H groups in total. The highest BCUT2D eigenvalue weighted by molar-refractivity contribution is 5.79. The van der Waals surface area contributed by atoms with Gasteiger partial charge in [0, 0.05) is 0 Å². The molecule has 0 aromatic heterocycles. The number of aliphatic hydroxyl groups excluding tert-OH is 2. The SMILES string of the molecule is CC1CC(C(=O)NC(CO)CO)CO1. The van der Waals surface area contributed by atoms with Gasteiger partial charge in [-0.15, -0.1) is 0 Å². The van der Waals surface area contributed by atoms with Crippen molar-refractivity contribution in [3.05, 3.63) is 0 Å². The normalized spacial score (nSPS) is 26.9. The predicted molar refractivity (Wildman–Crippen MR) is 49.6 cm³/mol. The second-order valence-electron chi connectivity index (χ2n) is 3.65. The molecule has 0 spiro atoms. The van der Waals surface area contributed by atoms with E-state index in [0.29, 0.717) is 13.0 Å². The summed E-state index contributed by atoms with van der Waals surface area (Å²) in [5, 5.41) is 20.1. The van der Waals surface area contributed by atoms with E-state index < -0.39 is 6.04 Å². The summed E-state index contributed by atoms with van der Waals surface area (Å²) in [6, 6.07) is -0.557. The molecule has 5 heteroatoms. The quantitative estimate of drug-likeness (QED) is 0.541. The highest BCUT2D eigenvalue weighted by Gasteiger charge is 2.29. The van der Waals surface area contributed by atoms with Gasteiger partial charge in [-0.2, -0.15) is 0 Å². The van der Waals surface area contributed by atoms with E-state index in [0.717, 1.165) is 0 Å². The Morgan fingerprint density at radius 3 is 2.64 bits per heavy atom. The van der Waals surface area contributed by atoms with E-state index >= 15 is 0 Å². The zero-order chi connectivity index (χ0) is 10.6. The molecular formula is C9H17NO4. The monoisotopic (exact) mass is 203 g/mol. The lowest BCUT2D eigenvalue weighted by Crippen LogP contribution is -2.43. The minimum absolute atomic E-state index is 0.118. The fourth-order valence-corrected chi connectivity index (χ4v) is 1.47. The Labute approximate surface area is 83.1 Å². The van der Waals surface area contributed by atoms with Crippen molar-refractivity contribution in [2.75, 3.05) is 19.8 Å². The Hall–Kier alpha value is -0.650. The zero-order valence-electron chi connectivity index (χ0n) is 8.27. The van der Waals surface area contributed by atoms with Gasteiger partial charge < -0.3 is 20.3 Å².